The molecule has 4 nitrogen and oxygen atoms in total. The van der Waals surface area contributed by atoms with E-state index in [1.54, 1.807) is 0 Å². The summed E-state index contributed by atoms with van der Waals surface area (Å²) in [6, 6.07) is 0. The first-order valence-corrected chi connectivity index (χ1v) is 11.2. The summed E-state index contributed by atoms with van der Waals surface area (Å²) < 4.78 is 1.87. The Labute approximate surface area is 173 Å². The summed E-state index contributed by atoms with van der Waals surface area (Å²) in [5.74, 6) is 2.32. The summed E-state index contributed by atoms with van der Waals surface area (Å²) in [4.78, 5) is 25.5. The third-order valence-electron chi connectivity index (χ3n) is 9.20. The molecule has 0 aliphatic heterocycles. The van der Waals surface area contributed by atoms with Crippen LogP contribution in [0.4, 0.5) is 0 Å². The van der Waals surface area contributed by atoms with Gasteiger partial charge >= 0.3 is 0 Å². The van der Waals surface area contributed by atoms with Crippen molar-refractivity contribution in [1.82, 2.24) is 9.78 Å². The Balaban J connectivity index is 1.49. The van der Waals surface area contributed by atoms with Gasteiger partial charge in [-0.2, -0.15) is 5.10 Å². The molecule has 0 unspecified atom stereocenters. The maximum Gasteiger partial charge on any atom is 0.165 e. The Morgan fingerprint density at radius 2 is 1.90 bits per heavy atom. The number of ketones is 2. The van der Waals surface area contributed by atoms with Crippen molar-refractivity contribution in [3.63, 3.8) is 0 Å². The van der Waals surface area contributed by atoms with Crippen molar-refractivity contribution >= 4 is 17.6 Å². The molecule has 0 radical (unpaired) electrons. The van der Waals surface area contributed by atoms with Crippen molar-refractivity contribution in [3.05, 3.63) is 34.7 Å². The Bertz CT molecular complexity index is 967. The van der Waals surface area contributed by atoms with Gasteiger partial charge in [-0.15, -0.1) is 0 Å². The van der Waals surface area contributed by atoms with Crippen LogP contribution in [0.2, 0.25) is 0 Å². The molecule has 4 aliphatic carbocycles. The zero-order valence-corrected chi connectivity index (χ0v) is 18.1. The van der Waals surface area contributed by atoms with Gasteiger partial charge < -0.3 is 0 Å². The summed E-state index contributed by atoms with van der Waals surface area (Å²) in [6.07, 6.45) is 12.8. The highest BCUT2D eigenvalue weighted by Gasteiger charge is 2.60. The molecule has 154 valence electrons. The molecule has 0 aromatic carbocycles. The highest BCUT2D eigenvalue weighted by Crippen LogP contribution is 2.65. The van der Waals surface area contributed by atoms with E-state index in [1.165, 1.54) is 5.57 Å². The van der Waals surface area contributed by atoms with Gasteiger partial charge in [-0.05, 0) is 86.3 Å². The predicted molar refractivity (Wildman–Crippen MR) is 113 cm³/mol. The topological polar surface area (TPSA) is 52.0 Å². The van der Waals surface area contributed by atoms with Crippen molar-refractivity contribution in [2.24, 2.45) is 35.6 Å². The number of nitrogens with zero attached hydrogens (tertiary/aromatic N) is 2. The van der Waals surface area contributed by atoms with Crippen LogP contribution in [0.15, 0.2) is 23.4 Å². The lowest BCUT2D eigenvalue weighted by Crippen LogP contribution is -2.50. The van der Waals surface area contributed by atoms with E-state index in [4.69, 9.17) is 0 Å². The lowest BCUT2D eigenvalue weighted by Gasteiger charge is -2.56. The average molecular weight is 393 g/mol. The zero-order chi connectivity index (χ0) is 20.6. The molecule has 29 heavy (non-hydrogen) atoms. The van der Waals surface area contributed by atoms with Gasteiger partial charge in [0.25, 0.3) is 0 Å². The number of Topliss-reactive ketones (excluding diaryl/α,β-unsaturated/α-hetero) is 1. The SMILES string of the molecule is Cc1c(/C=C2/C[C@@H]3[C@H]4CCC5=CC(=O)CC[C@]5(C)[C@@H]4CC[C@@]3(C)C2=O)cnn1C. The molecule has 4 heteroatoms. The summed E-state index contributed by atoms with van der Waals surface area (Å²) in [5.41, 5.74) is 4.51. The second kappa shape index (κ2) is 6.26. The minimum atomic E-state index is -0.217. The Morgan fingerprint density at radius 1 is 1.10 bits per heavy atom. The monoisotopic (exact) mass is 392 g/mol. The van der Waals surface area contributed by atoms with Crippen molar-refractivity contribution < 1.29 is 9.59 Å². The van der Waals surface area contributed by atoms with Crippen molar-refractivity contribution in [3.8, 4) is 0 Å². The molecule has 5 rings (SSSR count). The lowest BCUT2D eigenvalue weighted by atomic mass is 9.47. The zero-order valence-electron chi connectivity index (χ0n) is 18.1. The molecule has 5 atom stereocenters. The molecule has 0 spiro atoms. The first kappa shape index (κ1) is 19.0. The van der Waals surface area contributed by atoms with E-state index in [-0.39, 0.29) is 10.8 Å². The molecular formula is C25H32N2O2. The number of carbonyl (C=O) groups is 2. The molecule has 1 aromatic heterocycles. The highest BCUT2D eigenvalue weighted by atomic mass is 16.1. The van der Waals surface area contributed by atoms with Gasteiger partial charge in [0, 0.05) is 30.1 Å². The predicted octanol–water partition coefficient (Wildman–Crippen LogP) is 4.82. The van der Waals surface area contributed by atoms with E-state index >= 15 is 0 Å². The Kier molecular flexibility index (Phi) is 4.11. The molecular weight excluding hydrogens is 360 g/mol. The molecule has 0 N–H and O–H groups in total. The molecule has 0 saturated heterocycles. The summed E-state index contributed by atoms with van der Waals surface area (Å²) in [6.45, 7) is 6.69. The van der Waals surface area contributed by atoms with Gasteiger partial charge in [0.2, 0.25) is 0 Å². The first-order valence-electron chi connectivity index (χ1n) is 11.2. The van der Waals surface area contributed by atoms with E-state index < -0.39 is 0 Å². The fourth-order valence-electron chi connectivity index (χ4n) is 7.20. The Morgan fingerprint density at radius 3 is 2.62 bits per heavy atom. The number of carbonyl (C=O) groups excluding carboxylic acids is 2. The molecule has 3 saturated carbocycles. The number of hydrogen-bond donors (Lipinski definition) is 0. The van der Waals surface area contributed by atoms with Gasteiger partial charge in [-0.3, -0.25) is 14.3 Å². The Hall–Kier alpha value is -1.97. The van der Waals surface area contributed by atoms with Crippen LogP contribution in [0, 0.1) is 35.5 Å². The lowest BCUT2D eigenvalue weighted by molar-refractivity contribution is -0.130. The normalized spacial score (nSPS) is 40.5. The van der Waals surface area contributed by atoms with Crippen LogP contribution >= 0.6 is 0 Å². The van der Waals surface area contributed by atoms with Crippen LogP contribution in [0.1, 0.15) is 70.1 Å². The van der Waals surface area contributed by atoms with Gasteiger partial charge in [0.1, 0.15) is 0 Å². The minimum absolute atomic E-state index is 0.160. The van der Waals surface area contributed by atoms with Crippen molar-refractivity contribution in [1.29, 1.82) is 0 Å². The standard InChI is InChI=1S/C25H32N2O2/c1-15-17(14-26-27(15)4)11-16-12-22-20-6-5-18-13-19(28)7-9-24(18,2)21(20)8-10-25(22,3)23(16)29/h11,13-14,20-22H,5-10,12H2,1-4H3/b16-11-/t20-,21+,22+,24-,25+/m0/s1. The van der Waals surface area contributed by atoms with Gasteiger partial charge in [-0.25, -0.2) is 0 Å². The fourth-order valence-corrected chi connectivity index (χ4v) is 7.20. The summed E-state index contributed by atoms with van der Waals surface area (Å²) >= 11 is 0. The third-order valence-corrected chi connectivity index (χ3v) is 9.20. The number of allylic oxidation sites excluding steroid dienone is 2. The molecule has 1 heterocycles. The largest absolute Gasteiger partial charge is 0.295 e. The fraction of sp³-hybridized carbons (Fsp3) is 0.640. The van der Waals surface area contributed by atoms with Crippen molar-refractivity contribution in [2.75, 3.05) is 0 Å². The quantitative estimate of drug-likeness (QED) is 0.644. The number of fused-ring (bicyclic) bond motifs is 5. The van der Waals surface area contributed by atoms with Crippen LogP contribution in [0.25, 0.3) is 6.08 Å². The third kappa shape index (κ3) is 2.60. The van der Waals surface area contributed by atoms with E-state index in [0.717, 1.165) is 55.4 Å². The number of aromatic nitrogens is 2. The molecule has 4 aliphatic rings. The smallest absolute Gasteiger partial charge is 0.165 e. The second-order valence-corrected chi connectivity index (χ2v) is 10.4. The molecule has 0 amide bonds. The highest BCUT2D eigenvalue weighted by molar-refractivity contribution is 6.06. The van der Waals surface area contributed by atoms with Gasteiger partial charge in [0.05, 0.1) is 6.20 Å². The maximum atomic E-state index is 13.5. The van der Waals surface area contributed by atoms with Gasteiger partial charge in [-0.1, -0.05) is 19.4 Å². The number of aryl methyl sites for hydroxylation is 1. The number of rotatable bonds is 1. The van der Waals surface area contributed by atoms with E-state index in [2.05, 4.69) is 31.9 Å². The molecule has 3 fully saturated rings. The van der Waals surface area contributed by atoms with Crippen LogP contribution in [0.3, 0.4) is 0 Å². The van der Waals surface area contributed by atoms with E-state index in [9.17, 15) is 9.59 Å². The van der Waals surface area contributed by atoms with E-state index in [0.29, 0.717) is 35.7 Å². The van der Waals surface area contributed by atoms with E-state index in [1.807, 2.05) is 24.0 Å². The first-order chi connectivity index (χ1) is 13.7. The molecule has 0 bridgehead atoms. The van der Waals surface area contributed by atoms with Crippen LogP contribution < -0.4 is 0 Å². The van der Waals surface area contributed by atoms with Gasteiger partial charge in [0.15, 0.2) is 11.6 Å². The van der Waals surface area contributed by atoms with Crippen LogP contribution in [-0.2, 0) is 16.6 Å². The summed E-state index contributed by atoms with van der Waals surface area (Å²) in [5, 5.41) is 4.34. The van der Waals surface area contributed by atoms with Crippen LogP contribution in [0.5, 0.6) is 0 Å². The average Bonchev–Trinajstić information content (AvgIpc) is 3.14. The summed E-state index contributed by atoms with van der Waals surface area (Å²) in [7, 11) is 1.95. The van der Waals surface area contributed by atoms with Crippen molar-refractivity contribution in [2.45, 2.75) is 65.7 Å². The molecule has 1 aromatic rings. The second-order valence-electron chi connectivity index (χ2n) is 10.4. The maximum absolute atomic E-state index is 13.5. The van der Waals surface area contributed by atoms with Crippen LogP contribution in [-0.4, -0.2) is 21.3 Å². The number of hydrogen-bond acceptors (Lipinski definition) is 3. The minimum Gasteiger partial charge on any atom is -0.295 e.